The summed E-state index contributed by atoms with van der Waals surface area (Å²) in [4.78, 5) is 12.7. The molecule has 4 aliphatic rings. The van der Waals surface area contributed by atoms with Crippen LogP contribution in [-0.2, 0) is 14.3 Å². The van der Waals surface area contributed by atoms with Gasteiger partial charge >= 0.3 is 5.97 Å². The summed E-state index contributed by atoms with van der Waals surface area (Å²) in [7, 11) is 0. The number of aliphatic hydroxyl groups is 1. The molecule has 4 saturated carbocycles. The standard InChI is InChI=1S/C42H74O4/c1-8-10-11-12-13-14-15-16-17-18-28-45-33-24-27-41(7)37-25-26-40(6)35(32(5)21-19-20-31(3)4)22-23-36(40)34(37)29-38(42(41,44)30-33)46-39(43)9-2/h9,31-38,44H,2,8,10-30H2,1,3-7H3/t32-,33+,34+,35-,36+,37+,38-,40-,41-,42+/m1/s1. The first kappa shape index (κ1) is 37.9. The molecule has 0 aliphatic heterocycles. The van der Waals surface area contributed by atoms with E-state index in [9.17, 15) is 9.90 Å². The van der Waals surface area contributed by atoms with Gasteiger partial charge in [-0.15, -0.1) is 0 Å². The number of ether oxygens (including phenoxy) is 2. The number of carbonyl (C=O) groups excluding carboxylic acids is 1. The number of fused-ring (bicyclic) bond motifs is 5. The highest BCUT2D eigenvalue weighted by atomic mass is 16.6. The SMILES string of the molecule is C=CC(=O)O[C@@H]1C[C@H]2[C@@H]3CC[C@H]([C@H](C)CCCC(C)C)[C@@]3(C)CC[C@@H]2[C@@]2(C)CC[C@H](OCCCCCCCCCCCC)C[C@]12O. The Hall–Kier alpha value is -0.870. The Morgan fingerprint density at radius 2 is 1.54 bits per heavy atom. The quantitative estimate of drug-likeness (QED) is 0.0865. The minimum absolute atomic E-state index is 0.0366. The Balaban J connectivity index is 1.36. The molecule has 0 aromatic rings. The summed E-state index contributed by atoms with van der Waals surface area (Å²) in [5.41, 5.74) is -0.961. The molecule has 4 rings (SSSR count). The number of carbonyl (C=O) groups is 1. The second-order valence-electron chi connectivity index (χ2n) is 17.5. The first-order valence-corrected chi connectivity index (χ1v) is 20.2. The molecule has 0 radical (unpaired) electrons. The molecule has 0 unspecified atom stereocenters. The molecule has 0 bridgehead atoms. The van der Waals surface area contributed by atoms with Gasteiger partial charge in [0.25, 0.3) is 0 Å². The van der Waals surface area contributed by atoms with Crippen molar-refractivity contribution in [2.45, 2.75) is 194 Å². The van der Waals surface area contributed by atoms with Crippen LogP contribution in [0.15, 0.2) is 12.7 Å². The second-order valence-corrected chi connectivity index (χ2v) is 17.5. The summed E-state index contributed by atoms with van der Waals surface area (Å²) in [6.45, 7) is 18.9. The Morgan fingerprint density at radius 1 is 0.870 bits per heavy atom. The van der Waals surface area contributed by atoms with Gasteiger partial charge < -0.3 is 14.6 Å². The van der Waals surface area contributed by atoms with Gasteiger partial charge in [-0.25, -0.2) is 4.79 Å². The number of rotatable bonds is 19. The number of hydrogen-bond acceptors (Lipinski definition) is 4. The van der Waals surface area contributed by atoms with Crippen LogP contribution in [0.3, 0.4) is 0 Å². The van der Waals surface area contributed by atoms with E-state index >= 15 is 0 Å². The second kappa shape index (κ2) is 17.2. The fourth-order valence-corrected chi connectivity index (χ4v) is 11.6. The molecule has 0 heterocycles. The van der Waals surface area contributed by atoms with E-state index in [1.165, 1.54) is 109 Å². The summed E-state index contributed by atoms with van der Waals surface area (Å²) in [6, 6.07) is 0. The number of unbranched alkanes of at least 4 members (excludes halogenated alkanes) is 9. The smallest absolute Gasteiger partial charge is 0.330 e. The fraction of sp³-hybridized carbons (Fsp3) is 0.929. The van der Waals surface area contributed by atoms with E-state index < -0.39 is 17.7 Å². The van der Waals surface area contributed by atoms with E-state index in [1.54, 1.807) is 0 Å². The van der Waals surface area contributed by atoms with Crippen molar-refractivity contribution in [2.75, 3.05) is 6.61 Å². The first-order valence-electron chi connectivity index (χ1n) is 20.2. The molecule has 10 atom stereocenters. The molecule has 266 valence electrons. The van der Waals surface area contributed by atoms with Crippen LogP contribution in [0.1, 0.15) is 176 Å². The van der Waals surface area contributed by atoms with E-state index in [1.807, 2.05) is 0 Å². The van der Waals surface area contributed by atoms with E-state index in [0.29, 0.717) is 29.6 Å². The van der Waals surface area contributed by atoms with Crippen molar-refractivity contribution in [1.29, 1.82) is 0 Å². The number of esters is 1. The van der Waals surface area contributed by atoms with Gasteiger partial charge in [0.2, 0.25) is 0 Å². The third-order valence-electron chi connectivity index (χ3n) is 14.3. The van der Waals surface area contributed by atoms with Gasteiger partial charge in [0.15, 0.2) is 0 Å². The van der Waals surface area contributed by atoms with Crippen molar-refractivity contribution < 1.29 is 19.4 Å². The highest BCUT2D eigenvalue weighted by Crippen LogP contribution is 2.69. The Kier molecular flexibility index (Phi) is 14.2. The summed E-state index contributed by atoms with van der Waals surface area (Å²) < 4.78 is 12.6. The molecule has 0 amide bonds. The average molecular weight is 643 g/mol. The predicted octanol–water partition coefficient (Wildman–Crippen LogP) is 11.2. The molecule has 46 heavy (non-hydrogen) atoms. The lowest BCUT2D eigenvalue weighted by atomic mass is 9.42. The van der Waals surface area contributed by atoms with Crippen LogP contribution in [0.25, 0.3) is 0 Å². The normalized spacial score (nSPS) is 37.7. The van der Waals surface area contributed by atoms with E-state index in [4.69, 9.17) is 9.47 Å². The zero-order valence-corrected chi connectivity index (χ0v) is 31.1. The first-order chi connectivity index (χ1) is 22.0. The minimum Gasteiger partial charge on any atom is -0.456 e. The van der Waals surface area contributed by atoms with Gasteiger partial charge in [0.1, 0.15) is 11.7 Å². The molecule has 4 nitrogen and oxygen atoms in total. The molecule has 1 N–H and O–H groups in total. The van der Waals surface area contributed by atoms with Crippen molar-refractivity contribution in [3.8, 4) is 0 Å². The van der Waals surface area contributed by atoms with Crippen molar-refractivity contribution in [1.82, 2.24) is 0 Å². The highest BCUT2D eigenvalue weighted by molar-refractivity contribution is 5.81. The van der Waals surface area contributed by atoms with Crippen molar-refractivity contribution >= 4 is 5.97 Å². The molecular formula is C42H74O4. The lowest BCUT2D eigenvalue weighted by Gasteiger charge is -2.65. The van der Waals surface area contributed by atoms with Gasteiger partial charge in [0, 0.05) is 24.5 Å². The zero-order valence-electron chi connectivity index (χ0n) is 31.1. The van der Waals surface area contributed by atoms with Crippen LogP contribution in [0, 0.1) is 46.3 Å². The summed E-state index contributed by atoms with van der Waals surface area (Å²) in [6.07, 6.45) is 26.4. The maximum atomic E-state index is 12.7. The Bertz CT molecular complexity index is 946. The third-order valence-corrected chi connectivity index (χ3v) is 14.3. The third kappa shape index (κ3) is 8.46. The molecule has 4 heteroatoms. The van der Waals surface area contributed by atoms with Crippen LogP contribution in [-0.4, -0.2) is 35.5 Å². The fourth-order valence-electron chi connectivity index (χ4n) is 11.6. The molecule has 0 spiro atoms. The highest BCUT2D eigenvalue weighted by Gasteiger charge is 2.68. The van der Waals surface area contributed by atoms with Gasteiger partial charge in [-0.2, -0.15) is 0 Å². The largest absolute Gasteiger partial charge is 0.456 e. The summed E-state index contributed by atoms with van der Waals surface area (Å²) >= 11 is 0. The molecular weight excluding hydrogens is 568 g/mol. The maximum Gasteiger partial charge on any atom is 0.330 e. The molecule has 0 aromatic heterocycles. The minimum atomic E-state index is -1.05. The van der Waals surface area contributed by atoms with Crippen molar-refractivity contribution in [2.24, 2.45) is 46.3 Å². The molecule has 4 fully saturated rings. The maximum absolute atomic E-state index is 12.7. The van der Waals surface area contributed by atoms with Gasteiger partial charge in [0.05, 0.1) is 6.10 Å². The van der Waals surface area contributed by atoms with Gasteiger partial charge in [-0.3, -0.25) is 0 Å². The Labute approximate surface area is 284 Å². The van der Waals surface area contributed by atoms with Crippen LogP contribution >= 0.6 is 0 Å². The number of hydrogen-bond donors (Lipinski definition) is 1. The monoisotopic (exact) mass is 643 g/mol. The van der Waals surface area contributed by atoms with Crippen molar-refractivity contribution in [3.05, 3.63) is 12.7 Å². The van der Waals surface area contributed by atoms with Crippen LogP contribution in [0.2, 0.25) is 0 Å². The van der Waals surface area contributed by atoms with Crippen LogP contribution < -0.4 is 0 Å². The lowest BCUT2D eigenvalue weighted by Crippen LogP contribution is -2.69. The topological polar surface area (TPSA) is 55.8 Å². The summed E-state index contributed by atoms with van der Waals surface area (Å²) in [5, 5.41) is 12.7. The van der Waals surface area contributed by atoms with Gasteiger partial charge in [-0.05, 0) is 92.3 Å². The lowest BCUT2D eigenvalue weighted by molar-refractivity contribution is -0.272. The zero-order chi connectivity index (χ0) is 33.4. The predicted molar refractivity (Wildman–Crippen MR) is 192 cm³/mol. The summed E-state index contributed by atoms with van der Waals surface area (Å²) in [5.74, 6) is 3.57. The van der Waals surface area contributed by atoms with E-state index in [2.05, 4.69) is 48.1 Å². The van der Waals surface area contributed by atoms with E-state index in [-0.39, 0.29) is 11.5 Å². The molecule has 0 saturated heterocycles. The van der Waals surface area contributed by atoms with Crippen LogP contribution in [0.5, 0.6) is 0 Å². The van der Waals surface area contributed by atoms with Crippen LogP contribution in [0.4, 0.5) is 0 Å². The van der Waals surface area contributed by atoms with Crippen molar-refractivity contribution in [3.63, 3.8) is 0 Å². The molecule has 0 aromatic carbocycles. The van der Waals surface area contributed by atoms with E-state index in [0.717, 1.165) is 50.0 Å². The average Bonchev–Trinajstić information content (AvgIpc) is 3.38. The Morgan fingerprint density at radius 3 is 2.20 bits per heavy atom. The van der Waals surface area contributed by atoms with Gasteiger partial charge in [-0.1, -0.05) is 125 Å². The molecule has 4 aliphatic carbocycles.